The Kier molecular flexibility index (Phi) is 6.59. The molecule has 0 saturated carbocycles. The molecule has 0 spiro atoms. The highest BCUT2D eigenvalue weighted by Gasteiger charge is 2.32. The molecular weight excluding hydrogens is 449 g/mol. The van der Waals surface area contributed by atoms with Crippen molar-refractivity contribution in [2.24, 2.45) is 0 Å². The van der Waals surface area contributed by atoms with E-state index in [4.69, 9.17) is 4.74 Å². The van der Waals surface area contributed by atoms with Crippen LogP contribution in [0.3, 0.4) is 0 Å². The van der Waals surface area contributed by atoms with E-state index in [-0.39, 0.29) is 36.2 Å². The van der Waals surface area contributed by atoms with Crippen LogP contribution in [0.4, 0.5) is 14.9 Å². The van der Waals surface area contributed by atoms with Gasteiger partial charge in [-0.25, -0.2) is 14.2 Å². The van der Waals surface area contributed by atoms with Crippen LogP contribution in [0, 0.1) is 5.82 Å². The van der Waals surface area contributed by atoms with E-state index in [1.165, 1.54) is 47.6 Å². The number of anilines is 1. The number of pyridine rings is 1. The van der Waals surface area contributed by atoms with E-state index in [0.717, 1.165) is 5.01 Å². The second kappa shape index (κ2) is 9.74. The number of nitrogens with one attached hydrogen (secondary N) is 2. The molecule has 0 bridgehead atoms. The highest BCUT2D eigenvalue weighted by molar-refractivity contribution is 7.09. The fraction of sp³-hybridized carbons (Fsp3) is 0.227. The molecule has 0 unspecified atom stereocenters. The topological polar surface area (TPSA) is 114 Å². The lowest BCUT2D eigenvalue weighted by Crippen LogP contribution is -2.33. The molecule has 3 amide bonds. The van der Waals surface area contributed by atoms with E-state index in [0.29, 0.717) is 17.8 Å². The van der Waals surface area contributed by atoms with E-state index in [2.05, 4.69) is 20.6 Å². The average molecular weight is 469 g/mol. The Hall–Kier alpha value is -3.86. The molecule has 1 aliphatic rings. The molecule has 4 rings (SSSR count). The fourth-order valence-electron chi connectivity index (χ4n) is 3.28. The van der Waals surface area contributed by atoms with Crippen LogP contribution in [0.2, 0.25) is 0 Å². The molecule has 1 saturated heterocycles. The molecule has 3 heterocycles. The highest BCUT2D eigenvalue weighted by Crippen LogP contribution is 2.29. The van der Waals surface area contributed by atoms with Crippen LogP contribution in [0.1, 0.15) is 22.4 Å². The standard InChI is InChI=1S/C22H20FN5O4S/c1-13(29)25-10-16-12-28(22(31)32-16)15-3-4-17(18(23)8-15)14-2-5-19(26-9-14)21(30)27-11-20-24-6-7-33-20/h2-9,16H,10-12H2,1H3,(H,25,29)(H,27,30)/t16-/m0/s1. The van der Waals surface area contributed by atoms with Gasteiger partial charge in [-0.15, -0.1) is 11.3 Å². The van der Waals surface area contributed by atoms with Gasteiger partial charge in [-0.2, -0.15) is 0 Å². The molecule has 2 aromatic heterocycles. The number of rotatable bonds is 7. The van der Waals surface area contributed by atoms with Gasteiger partial charge in [0.2, 0.25) is 5.91 Å². The number of thiazole rings is 1. The van der Waals surface area contributed by atoms with Crippen LogP contribution >= 0.6 is 11.3 Å². The molecule has 11 heteroatoms. The average Bonchev–Trinajstić information content (AvgIpc) is 3.45. The van der Waals surface area contributed by atoms with Gasteiger partial charge in [0.25, 0.3) is 5.91 Å². The third kappa shape index (κ3) is 5.32. The smallest absolute Gasteiger partial charge is 0.414 e. The summed E-state index contributed by atoms with van der Waals surface area (Å²) in [7, 11) is 0. The fourth-order valence-corrected chi connectivity index (χ4v) is 3.83. The van der Waals surface area contributed by atoms with Crippen LogP contribution < -0.4 is 15.5 Å². The lowest BCUT2D eigenvalue weighted by molar-refractivity contribution is -0.119. The molecule has 1 aromatic carbocycles. The van der Waals surface area contributed by atoms with Gasteiger partial charge in [0, 0.05) is 35.8 Å². The van der Waals surface area contributed by atoms with Gasteiger partial charge >= 0.3 is 6.09 Å². The molecule has 170 valence electrons. The predicted octanol–water partition coefficient (Wildman–Crippen LogP) is 2.74. The number of hydrogen-bond donors (Lipinski definition) is 2. The molecule has 1 fully saturated rings. The van der Waals surface area contributed by atoms with Gasteiger partial charge in [-0.1, -0.05) is 6.07 Å². The molecule has 0 radical (unpaired) electrons. The maximum atomic E-state index is 14.9. The minimum Gasteiger partial charge on any atom is -0.442 e. The van der Waals surface area contributed by atoms with Crippen LogP contribution in [0.15, 0.2) is 48.1 Å². The Bertz CT molecular complexity index is 1170. The van der Waals surface area contributed by atoms with Crippen molar-refractivity contribution in [3.05, 3.63) is 64.6 Å². The largest absolute Gasteiger partial charge is 0.442 e. The Morgan fingerprint density at radius 1 is 1.24 bits per heavy atom. The molecule has 3 aromatic rings. The van der Waals surface area contributed by atoms with Gasteiger partial charge < -0.3 is 15.4 Å². The van der Waals surface area contributed by atoms with Gasteiger partial charge in [0.15, 0.2) is 0 Å². The number of cyclic esters (lactones) is 1. The third-order valence-electron chi connectivity index (χ3n) is 4.91. The monoisotopic (exact) mass is 469 g/mol. The summed E-state index contributed by atoms with van der Waals surface area (Å²) in [4.78, 5) is 45.0. The highest BCUT2D eigenvalue weighted by atomic mass is 32.1. The minimum atomic E-state index is -0.604. The number of halogens is 1. The normalized spacial score (nSPS) is 15.3. The van der Waals surface area contributed by atoms with Gasteiger partial charge in [0.05, 0.1) is 25.3 Å². The molecule has 9 nitrogen and oxygen atoms in total. The maximum Gasteiger partial charge on any atom is 0.414 e. The summed E-state index contributed by atoms with van der Waals surface area (Å²) < 4.78 is 20.1. The van der Waals surface area contributed by atoms with E-state index in [1.807, 2.05) is 5.38 Å². The van der Waals surface area contributed by atoms with Gasteiger partial charge in [0.1, 0.15) is 22.6 Å². The maximum absolute atomic E-state index is 14.9. The Labute approximate surface area is 192 Å². The second-order valence-corrected chi connectivity index (χ2v) is 8.24. The lowest BCUT2D eigenvalue weighted by Gasteiger charge is -2.14. The lowest BCUT2D eigenvalue weighted by atomic mass is 10.1. The predicted molar refractivity (Wildman–Crippen MR) is 119 cm³/mol. The van der Waals surface area contributed by atoms with Crippen molar-refractivity contribution in [3.8, 4) is 11.1 Å². The van der Waals surface area contributed by atoms with Gasteiger partial charge in [-0.05, 0) is 24.3 Å². The zero-order valence-corrected chi connectivity index (χ0v) is 18.4. The molecule has 2 N–H and O–H groups in total. The molecule has 1 atom stereocenters. The van der Waals surface area contributed by atoms with Crippen molar-refractivity contribution < 1.29 is 23.5 Å². The van der Waals surface area contributed by atoms with Crippen LogP contribution in [0.5, 0.6) is 0 Å². The first-order chi connectivity index (χ1) is 15.9. The van der Waals surface area contributed by atoms with Crippen molar-refractivity contribution in [2.45, 2.75) is 19.6 Å². The zero-order valence-electron chi connectivity index (χ0n) is 17.6. The summed E-state index contributed by atoms with van der Waals surface area (Å²) in [5, 5.41) is 7.94. The molecular formula is C22H20FN5O4S. The number of carbonyl (C=O) groups excluding carboxylic acids is 3. The summed E-state index contributed by atoms with van der Waals surface area (Å²) in [5.41, 5.74) is 1.32. The first-order valence-electron chi connectivity index (χ1n) is 10.1. The minimum absolute atomic E-state index is 0.188. The summed E-state index contributed by atoms with van der Waals surface area (Å²) in [6.07, 6.45) is 1.97. The number of ether oxygens (including phenoxy) is 1. The van der Waals surface area contributed by atoms with E-state index < -0.39 is 18.0 Å². The van der Waals surface area contributed by atoms with Crippen molar-refractivity contribution in [2.75, 3.05) is 18.0 Å². The number of benzene rings is 1. The van der Waals surface area contributed by atoms with Crippen LogP contribution in [-0.2, 0) is 16.1 Å². The first kappa shape index (κ1) is 22.3. The van der Waals surface area contributed by atoms with Gasteiger partial charge in [-0.3, -0.25) is 19.5 Å². The number of nitrogens with zero attached hydrogens (tertiary/aromatic N) is 3. The second-order valence-electron chi connectivity index (χ2n) is 7.26. The molecule has 33 heavy (non-hydrogen) atoms. The first-order valence-corrected chi connectivity index (χ1v) is 10.9. The van der Waals surface area contributed by atoms with Crippen molar-refractivity contribution in [1.29, 1.82) is 0 Å². The Morgan fingerprint density at radius 2 is 2.09 bits per heavy atom. The Morgan fingerprint density at radius 3 is 2.76 bits per heavy atom. The number of hydrogen-bond acceptors (Lipinski definition) is 7. The Balaban J connectivity index is 1.42. The zero-order chi connectivity index (χ0) is 23.4. The van der Waals surface area contributed by atoms with E-state index in [9.17, 15) is 18.8 Å². The number of amides is 3. The quantitative estimate of drug-likeness (QED) is 0.550. The van der Waals surface area contributed by atoms with Crippen LogP contribution in [-0.4, -0.2) is 47.1 Å². The summed E-state index contributed by atoms with van der Waals surface area (Å²) in [5.74, 6) is -1.13. The van der Waals surface area contributed by atoms with Crippen LogP contribution in [0.25, 0.3) is 11.1 Å². The molecule has 0 aliphatic carbocycles. The SMILES string of the molecule is CC(=O)NC[C@H]1CN(c2ccc(-c3ccc(C(=O)NCc4nccs4)nc3)c(F)c2)C(=O)O1. The van der Waals surface area contributed by atoms with Crippen molar-refractivity contribution in [3.63, 3.8) is 0 Å². The molecule has 1 aliphatic heterocycles. The van der Waals surface area contributed by atoms with E-state index >= 15 is 0 Å². The number of aromatic nitrogens is 2. The van der Waals surface area contributed by atoms with Crippen molar-refractivity contribution >= 4 is 34.9 Å². The number of carbonyl (C=O) groups is 3. The third-order valence-corrected chi connectivity index (χ3v) is 5.69. The summed E-state index contributed by atoms with van der Waals surface area (Å²) in [6.45, 7) is 2.07. The summed E-state index contributed by atoms with van der Waals surface area (Å²) >= 11 is 1.44. The summed E-state index contributed by atoms with van der Waals surface area (Å²) in [6, 6.07) is 7.51. The van der Waals surface area contributed by atoms with E-state index in [1.54, 1.807) is 18.3 Å². The van der Waals surface area contributed by atoms with Crippen molar-refractivity contribution in [1.82, 2.24) is 20.6 Å².